The molecule has 1 unspecified atom stereocenters. The van der Waals surface area contributed by atoms with Gasteiger partial charge < -0.3 is 14.7 Å². The Kier molecular flexibility index (Phi) is 4.52. The summed E-state index contributed by atoms with van der Waals surface area (Å²) < 4.78 is 35.7. The van der Waals surface area contributed by atoms with Gasteiger partial charge in [0, 0.05) is 28.2 Å². The van der Waals surface area contributed by atoms with Gasteiger partial charge in [-0.15, -0.1) is 11.8 Å². The normalized spacial score (nSPS) is 26.5. The van der Waals surface area contributed by atoms with E-state index in [1.807, 2.05) is 31.2 Å². The molecule has 4 aliphatic rings. The van der Waals surface area contributed by atoms with Crippen molar-refractivity contribution in [3.05, 3.63) is 75.4 Å². The van der Waals surface area contributed by atoms with Crippen LogP contribution in [0.4, 0.5) is 5.69 Å². The maximum Gasteiger partial charge on any atom is 0.268 e. The number of aliphatic hydroxyl groups excluding tert-OH is 1. The summed E-state index contributed by atoms with van der Waals surface area (Å²) in [6, 6.07) is 9.10. The van der Waals surface area contributed by atoms with Crippen molar-refractivity contribution in [2.24, 2.45) is 0 Å². The lowest BCUT2D eigenvalue weighted by atomic mass is 9.74. The molecule has 6 nitrogen and oxygen atoms in total. The summed E-state index contributed by atoms with van der Waals surface area (Å²) in [6.45, 7) is 2.74. The van der Waals surface area contributed by atoms with Gasteiger partial charge >= 0.3 is 0 Å². The zero-order valence-electron chi connectivity index (χ0n) is 19.2. The van der Waals surface area contributed by atoms with Crippen LogP contribution in [-0.4, -0.2) is 42.6 Å². The number of methoxy groups -OCH3 is 1. The van der Waals surface area contributed by atoms with Gasteiger partial charge in [0.1, 0.15) is 16.7 Å². The molecule has 1 aliphatic carbocycles. The molecule has 35 heavy (non-hydrogen) atoms. The fraction of sp³-hybridized carbons (Fsp3) is 0.308. The van der Waals surface area contributed by atoms with Crippen molar-refractivity contribution in [2.75, 3.05) is 18.6 Å². The zero-order chi connectivity index (χ0) is 24.3. The van der Waals surface area contributed by atoms with Crippen LogP contribution < -0.4 is 9.64 Å². The second kappa shape index (κ2) is 7.18. The number of aliphatic hydroxyl groups is 1. The number of hydrogen-bond acceptors (Lipinski definition) is 6. The van der Waals surface area contributed by atoms with Gasteiger partial charge in [-0.05, 0) is 61.3 Å². The molecular formula is C26H23BrN2O4S2. The number of nitrogens with zero attached hydrogens (tertiary/aromatic N) is 2. The van der Waals surface area contributed by atoms with Crippen LogP contribution in [0.2, 0.25) is 0 Å². The number of allylic oxidation sites excluding steroid dienone is 1. The fourth-order valence-electron chi connectivity index (χ4n) is 6.19. The van der Waals surface area contributed by atoms with E-state index >= 15 is 0 Å². The average Bonchev–Trinajstić information content (AvgIpc) is 3.38. The summed E-state index contributed by atoms with van der Waals surface area (Å²) in [6.07, 6.45) is 7.45. The average molecular weight is 572 g/mol. The Balaban J connectivity index is 1.56. The molecule has 0 amide bonds. The van der Waals surface area contributed by atoms with Gasteiger partial charge in [-0.2, -0.15) is 0 Å². The van der Waals surface area contributed by atoms with Gasteiger partial charge in [-0.1, -0.05) is 33.6 Å². The molecule has 0 radical (unpaired) electrons. The monoisotopic (exact) mass is 570 g/mol. The number of thioether (sulfide) groups is 1. The van der Waals surface area contributed by atoms with Crippen molar-refractivity contribution in [3.8, 4) is 5.75 Å². The number of aryl methyl sites for hydroxylation is 1. The first-order valence-electron chi connectivity index (χ1n) is 11.5. The van der Waals surface area contributed by atoms with Crippen LogP contribution in [0, 0.1) is 6.92 Å². The van der Waals surface area contributed by atoms with Gasteiger partial charge in [-0.25, -0.2) is 12.4 Å². The molecular weight excluding hydrogens is 548 g/mol. The molecule has 0 fully saturated rings. The highest BCUT2D eigenvalue weighted by molar-refractivity contribution is 9.11. The predicted octanol–water partition coefficient (Wildman–Crippen LogP) is 4.81. The summed E-state index contributed by atoms with van der Waals surface area (Å²) in [5.74, 6) is 0.533. The molecule has 3 aromatic rings. The Labute approximate surface area is 216 Å². The third-order valence-corrected chi connectivity index (χ3v) is 11.6. The largest absolute Gasteiger partial charge is 0.494 e. The Morgan fingerprint density at radius 2 is 2.03 bits per heavy atom. The number of anilines is 1. The molecule has 1 N–H and O–H groups in total. The molecule has 3 atom stereocenters. The van der Waals surface area contributed by atoms with Crippen molar-refractivity contribution in [1.82, 2.24) is 3.97 Å². The Hall–Kier alpha value is -2.20. The van der Waals surface area contributed by atoms with Crippen LogP contribution in [0.3, 0.4) is 0 Å². The molecule has 7 rings (SSSR count). The first-order valence-corrected chi connectivity index (χ1v) is 14.7. The minimum atomic E-state index is -3.83. The number of rotatable bonds is 3. The summed E-state index contributed by atoms with van der Waals surface area (Å²) in [7, 11) is -2.24. The van der Waals surface area contributed by atoms with Crippen LogP contribution in [0.25, 0.3) is 10.9 Å². The second-order valence-electron chi connectivity index (χ2n) is 9.62. The lowest BCUT2D eigenvalue weighted by Crippen LogP contribution is -2.50. The summed E-state index contributed by atoms with van der Waals surface area (Å²) in [5, 5.41) is 11.6. The van der Waals surface area contributed by atoms with E-state index in [0.29, 0.717) is 11.3 Å². The van der Waals surface area contributed by atoms with E-state index in [9.17, 15) is 13.5 Å². The number of ether oxygens (including phenoxy) is 1. The van der Waals surface area contributed by atoms with Crippen LogP contribution in [0.1, 0.15) is 23.1 Å². The van der Waals surface area contributed by atoms with E-state index in [4.69, 9.17) is 4.74 Å². The molecule has 180 valence electrons. The Morgan fingerprint density at radius 3 is 2.77 bits per heavy atom. The lowest BCUT2D eigenvalue weighted by Gasteiger charge is -2.51. The highest BCUT2D eigenvalue weighted by Crippen LogP contribution is 2.65. The summed E-state index contributed by atoms with van der Waals surface area (Å²) in [4.78, 5) is 2.66. The standard InChI is InChI=1S/C26H23BrN2O4S2/c1-14-3-5-17(6-4-14)35(31,32)29-13-15-7-8-28-20-12-26(16(9-19(20)27)10-22(30)34-26)18-11-21(33-2)25(29)23(15)24(18)28/h3-6,9-11,13,20,22,30H,7-8,12H2,1-2H3/t20-,22?,26-/m1/s1. The van der Waals surface area contributed by atoms with Gasteiger partial charge in [0.05, 0.1) is 28.5 Å². The SMILES string of the molecule is COc1cc2c3c4c(cn(S(=O)(=O)c5ccc(C)cc5)c14)CCN3[C@@H]1C[C@]23SC(O)C=C3C=C1Br. The van der Waals surface area contributed by atoms with E-state index in [1.54, 1.807) is 37.2 Å². The van der Waals surface area contributed by atoms with Gasteiger partial charge in [0.15, 0.2) is 0 Å². The predicted molar refractivity (Wildman–Crippen MR) is 142 cm³/mol. The Bertz CT molecular complexity index is 1610. The Morgan fingerprint density at radius 1 is 1.26 bits per heavy atom. The van der Waals surface area contributed by atoms with E-state index < -0.39 is 15.5 Å². The maximum absolute atomic E-state index is 13.8. The highest BCUT2D eigenvalue weighted by atomic mass is 79.9. The number of fused-ring (bicyclic) bond motifs is 2. The molecule has 0 saturated carbocycles. The maximum atomic E-state index is 13.8. The van der Waals surface area contributed by atoms with Gasteiger partial charge in [0.2, 0.25) is 0 Å². The first kappa shape index (κ1) is 22.0. The van der Waals surface area contributed by atoms with E-state index in [-0.39, 0.29) is 15.7 Å². The third kappa shape index (κ3) is 2.78. The van der Waals surface area contributed by atoms with Crippen LogP contribution >= 0.6 is 27.7 Å². The minimum absolute atomic E-state index is 0.138. The number of halogens is 1. The van der Waals surface area contributed by atoms with E-state index in [2.05, 4.69) is 26.9 Å². The van der Waals surface area contributed by atoms with Crippen LogP contribution in [0.5, 0.6) is 5.75 Å². The van der Waals surface area contributed by atoms with Gasteiger partial charge in [0.25, 0.3) is 10.0 Å². The lowest BCUT2D eigenvalue weighted by molar-refractivity contribution is 0.311. The van der Waals surface area contributed by atoms with E-state index in [1.165, 1.54) is 3.97 Å². The highest BCUT2D eigenvalue weighted by Gasteiger charge is 2.54. The van der Waals surface area contributed by atoms with Crippen molar-refractivity contribution >= 4 is 54.3 Å². The summed E-state index contributed by atoms with van der Waals surface area (Å²) in [5.41, 5.74) is 5.25. The van der Waals surface area contributed by atoms with Crippen molar-refractivity contribution in [2.45, 2.75) is 40.9 Å². The molecule has 4 heterocycles. The van der Waals surface area contributed by atoms with Crippen LogP contribution in [0.15, 0.2) is 63.6 Å². The minimum Gasteiger partial charge on any atom is -0.494 e. The molecule has 2 aromatic carbocycles. The third-order valence-electron chi connectivity index (χ3n) is 7.77. The van der Waals surface area contributed by atoms with Crippen molar-refractivity contribution < 1.29 is 18.3 Å². The number of hydrogen-bond donors (Lipinski definition) is 1. The quantitative estimate of drug-likeness (QED) is 0.487. The molecule has 1 aromatic heterocycles. The van der Waals surface area contributed by atoms with E-state index in [0.717, 1.165) is 57.2 Å². The summed E-state index contributed by atoms with van der Waals surface area (Å²) >= 11 is 5.37. The molecule has 3 aliphatic heterocycles. The second-order valence-corrected chi connectivity index (χ2v) is 13.8. The van der Waals surface area contributed by atoms with Crippen molar-refractivity contribution in [1.29, 1.82) is 0 Å². The zero-order valence-corrected chi connectivity index (χ0v) is 22.4. The van der Waals surface area contributed by atoms with Crippen LogP contribution in [-0.2, 0) is 21.2 Å². The number of benzene rings is 2. The molecule has 9 heteroatoms. The fourth-order valence-corrected chi connectivity index (χ4v) is 9.67. The molecule has 1 spiro atoms. The van der Waals surface area contributed by atoms with Crippen molar-refractivity contribution in [3.63, 3.8) is 0 Å². The van der Waals surface area contributed by atoms with Gasteiger partial charge in [-0.3, -0.25) is 0 Å². The smallest absolute Gasteiger partial charge is 0.268 e. The molecule has 0 saturated heterocycles. The topological polar surface area (TPSA) is 71.8 Å². The number of aromatic nitrogens is 1. The first-order chi connectivity index (χ1) is 16.7. The molecule has 2 bridgehead atoms.